The molecule has 0 heterocycles. The molecule has 1 aliphatic rings. The summed E-state index contributed by atoms with van der Waals surface area (Å²) in [5.41, 5.74) is 0.284. The number of rotatable bonds is 6. The van der Waals surface area contributed by atoms with E-state index in [1.807, 2.05) is 6.07 Å². The monoisotopic (exact) mass is 380 g/mol. The number of hydrogen-bond donors (Lipinski definition) is 1. The van der Waals surface area contributed by atoms with Gasteiger partial charge in [0.1, 0.15) is 17.5 Å². The van der Waals surface area contributed by atoms with Crippen molar-refractivity contribution in [1.82, 2.24) is 5.32 Å². The summed E-state index contributed by atoms with van der Waals surface area (Å²) in [7, 11) is 1.38. The fourth-order valence-corrected chi connectivity index (χ4v) is 2.45. The van der Waals surface area contributed by atoms with Crippen LogP contribution in [0, 0.1) is 17.1 Å². The highest BCUT2D eigenvalue weighted by Crippen LogP contribution is 2.30. The third-order valence-corrected chi connectivity index (χ3v) is 4.07. The van der Waals surface area contributed by atoms with E-state index in [1.54, 1.807) is 6.07 Å². The summed E-state index contributed by atoms with van der Waals surface area (Å²) in [5.74, 6) is -1.68. The van der Waals surface area contributed by atoms with Gasteiger partial charge in [-0.3, -0.25) is 4.79 Å². The fourth-order valence-electron chi connectivity index (χ4n) is 2.45. The third-order valence-electron chi connectivity index (χ3n) is 4.07. The van der Waals surface area contributed by atoms with Gasteiger partial charge < -0.3 is 14.8 Å². The smallest absolute Gasteiger partial charge is 0.346 e. The van der Waals surface area contributed by atoms with Gasteiger partial charge in [-0.05, 0) is 48.7 Å². The van der Waals surface area contributed by atoms with Crippen molar-refractivity contribution < 1.29 is 23.5 Å². The first-order valence-corrected chi connectivity index (χ1v) is 8.59. The number of nitrogens with zero attached hydrogens (tertiary/aromatic N) is 1. The summed E-state index contributed by atoms with van der Waals surface area (Å²) >= 11 is 0. The number of nitriles is 1. The maximum atomic E-state index is 13.7. The van der Waals surface area contributed by atoms with E-state index >= 15 is 0 Å². The van der Waals surface area contributed by atoms with Crippen molar-refractivity contribution in [3.63, 3.8) is 0 Å². The van der Waals surface area contributed by atoms with E-state index < -0.39 is 17.7 Å². The Labute approximate surface area is 161 Å². The Hall–Kier alpha value is -3.66. The van der Waals surface area contributed by atoms with Crippen LogP contribution in [0.15, 0.2) is 48.0 Å². The molecule has 2 aromatic carbocycles. The van der Waals surface area contributed by atoms with E-state index in [9.17, 15) is 19.2 Å². The Kier molecular flexibility index (Phi) is 5.70. The molecule has 0 aromatic heterocycles. The molecular weight excluding hydrogens is 363 g/mol. The van der Waals surface area contributed by atoms with Gasteiger partial charge in [0, 0.05) is 6.04 Å². The minimum atomic E-state index is -0.860. The first-order chi connectivity index (χ1) is 13.5. The Bertz CT molecular complexity index is 990. The number of halogens is 1. The van der Waals surface area contributed by atoms with Crippen molar-refractivity contribution in [2.24, 2.45) is 0 Å². The summed E-state index contributed by atoms with van der Waals surface area (Å²) in [5, 5.41) is 12.0. The number of carbonyl (C=O) groups excluding carboxylic acids is 2. The number of hydrogen-bond acceptors (Lipinski definition) is 5. The Morgan fingerprint density at radius 2 is 1.96 bits per heavy atom. The van der Waals surface area contributed by atoms with Crippen molar-refractivity contribution in [2.45, 2.75) is 18.9 Å². The van der Waals surface area contributed by atoms with Gasteiger partial charge in [0.2, 0.25) is 0 Å². The Balaban J connectivity index is 1.81. The summed E-state index contributed by atoms with van der Waals surface area (Å²) in [6.45, 7) is 0. The van der Waals surface area contributed by atoms with E-state index in [2.05, 4.69) is 5.32 Å². The van der Waals surface area contributed by atoms with Crippen LogP contribution in [0.4, 0.5) is 4.39 Å². The van der Waals surface area contributed by atoms with Gasteiger partial charge in [0.15, 0.2) is 11.5 Å². The highest BCUT2D eigenvalue weighted by molar-refractivity contribution is 6.02. The largest absolute Gasteiger partial charge is 0.493 e. The molecule has 3 rings (SSSR count). The maximum Gasteiger partial charge on any atom is 0.346 e. The topological polar surface area (TPSA) is 88.4 Å². The molecule has 28 heavy (non-hydrogen) atoms. The molecule has 0 radical (unpaired) electrons. The second kappa shape index (κ2) is 8.35. The Morgan fingerprint density at radius 1 is 1.21 bits per heavy atom. The molecular formula is C21H17FN2O4. The molecule has 0 unspecified atom stereocenters. The SMILES string of the molecule is COc1cc(/C=C(\C#N)C(=O)NC2CC2)ccc1OC(=O)c1ccccc1F. The Morgan fingerprint density at radius 3 is 2.61 bits per heavy atom. The lowest BCUT2D eigenvalue weighted by Crippen LogP contribution is -2.26. The van der Waals surface area contributed by atoms with Gasteiger partial charge in [-0.15, -0.1) is 0 Å². The molecule has 0 atom stereocenters. The molecule has 1 amide bonds. The van der Waals surface area contributed by atoms with Gasteiger partial charge in [0.25, 0.3) is 5.91 Å². The molecule has 6 nitrogen and oxygen atoms in total. The highest BCUT2D eigenvalue weighted by atomic mass is 19.1. The molecule has 0 aliphatic heterocycles. The molecule has 1 fully saturated rings. The molecule has 142 valence electrons. The number of methoxy groups -OCH3 is 1. The molecule has 7 heteroatoms. The van der Waals surface area contributed by atoms with E-state index in [0.717, 1.165) is 18.9 Å². The average Bonchev–Trinajstić information content (AvgIpc) is 3.51. The van der Waals surface area contributed by atoms with Gasteiger partial charge in [0.05, 0.1) is 12.7 Å². The van der Waals surface area contributed by atoms with Crippen molar-refractivity contribution >= 4 is 18.0 Å². The molecule has 1 aliphatic carbocycles. The number of carbonyl (C=O) groups is 2. The summed E-state index contributed by atoms with van der Waals surface area (Å²) in [6, 6.07) is 12.0. The number of benzene rings is 2. The van der Waals surface area contributed by atoms with Crippen LogP contribution in [0.3, 0.4) is 0 Å². The van der Waals surface area contributed by atoms with E-state index in [1.165, 1.54) is 43.5 Å². The predicted molar refractivity (Wildman–Crippen MR) is 99.1 cm³/mol. The standard InChI is InChI=1S/C21H17FN2O4/c1-27-19-11-13(10-14(12-23)20(25)24-15-7-8-15)6-9-18(19)28-21(26)16-4-2-3-5-17(16)22/h2-6,9-11,15H,7-8H2,1H3,(H,24,25)/b14-10+. The van der Waals surface area contributed by atoms with Gasteiger partial charge in [-0.25, -0.2) is 9.18 Å². The van der Waals surface area contributed by atoms with Crippen molar-refractivity contribution in [2.75, 3.05) is 7.11 Å². The van der Waals surface area contributed by atoms with E-state index in [4.69, 9.17) is 9.47 Å². The molecule has 2 aromatic rings. The van der Waals surface area contributed by atoms with Crippen molar-refractivity contribution in [3.8, 4) is 17.6 Å². The van der Waals surface area contributed by atoms with Crippen LogP contribution < -0.4 is 14.8 Å². The van der Waals surface area contributed by atoms with Crippen molar-refractivity contribution in [1.29, 1.82) is 5.26 Å². The molecule has 0 saturated heterocycles. The zero-order valence-corrected chi connectivity index (χ0v) is 15.1. The van der Waals surface area contributed by atoms with Crippen LogP contribution in [-0.4, -0.2) is 25.0 Å². The molecule has 1 saturated carbocycles. The first-order valence-electron chi connectivity index (χ1n) is 8.59. The maximum absolute atomic E-state index is 13.7. The highest BCUT2D eigenvalue weighted by Gasteiger charge is 2.24. The van der Waals surface area contributed by atoms with Crippen LogP contribution in [0.1, 0.15) is 28.8 Å². The van der Waals surface area contributed by atoms with Crippen LogP contribution in [0.2, 0.25) is 0 Å². The lowest BCUT2D eigenvalue weighted by Gasteiger charge is -2.10. The van der Waals surface area contributed by atoms with Crippen LogP contribution >= 0.6 is 0 Å². The third kappa shape index (κ3) is 4.54. The minimum absolute atomic E-state index is 0.0370. The average molecular weight is 380 g/mol. The second-order valence-electron chi connectivity index (χ2n) is 6.20. The normalized spacial score (nSPS) is 13.4. The minimum Gasteiger partial charge on any atom is -0.493 e. The van der Waals surface area contributed by atoms with E-state index in [0.29, 0.717) is 5.56 Å². The zero-order chi connectivity index (χ0) is 20.1. The number of esters is 1. The van der Waals surface area contributed by atoms with Crippen molar-refractivity contribution in [3.05, 3.63) is 65.0 Å². The van der Waals surface area contributed by atoms with Crippen LogP contribution in [0.25, 0.3) is 6.08 Å². The zero-order valence-electron chi connectivity index (χ0n) is 15.1. The lowest BCUT2D eigenvalue weighted by atomic mass is 10.1. The summed E-state index contributed by atoms with van der Waals surface area (Å²) < 4.78 is 24.2. The van der Waals surface area contributed by atoms with Crippen LogP contribution in [-0.2, 0) is 4.79 Å². The number of nitrogens with one attached hydrogen (secondary N) is 1. The second-order valence-corrected chi connectivity index (χ2v) is 6.20. The fraction of sp³-hybridized carbons (Fsp3) is 0.190. The van der Waals surface area contributed by atoms with Crippen LogP contribution in [0.5, 0.6) is 11.5 Å². The van der Waals surface area contributed by atoms with E-state index in [-0.39, 0.29) is 28.7 Å². The molecule has 0 bridgehead atoms. The number of ether oxygens (including phenoxy) is 2. The van der Waals surface area contributed by atoms with Gasteiger partial charge in [-0.2, -0.15) is 5.26 Å². The first kappa shape index (κ1) is 19.1. The lowest BCUT2D eigenvalue weighted by molar-refractivity contribution is -0.117. The predicted octanol–water partition coefficient (Wildman–Crippen LogP) is 3.24. The summed E-state index contributed by atoms with van der Waals surface area (Å²) in [4.78, 5) is 24.2. The van der Waals surface area contributed by atoms with Gasteiger partial charge >= 0.3 is 5.97 Å². The quantitative estimate of drug-likeness (QED) is 0.360. The molecule has 0 spiro atoms. The summed E-state index contributed by atoms with van der Waals surface area (Å²) in [6.07, 6.45) is 3.25. The molecule has 1 N–H and O–H groups in total. The number of amides is 1. The van der Waals surface area contributed by atoms with Gasteiger partial charge in [-0.1, -0.05) is 18.2 Å².